The molecule has 0 unspecified atom stereocenters. The van der Waals surface area contributed by atoms with Gasteiger partial charge < -0.3 is 14.5 Å². The lowest BCUT2D eigenvalue weighted by molar-refractivity contribution is 0.0594. The maximum atomic E-state index is 11.4. The molecule has 1 fully saturated rings. The monoisotopic (exact) mass is 313 g/mol. The number of piperazine rings is 1. The van der Waals surface area contributed by atoms with Crippen LogP contribution in [0.15, 0.2) is 16.7 Å². The van der Waals surface area contributed by atoms with Crippen molar-refractivity contribution in [1.82, 2.24) is 9.88 Å². The van der Waals surface area contributed by atoms with Crippen molar-refractivity contribution >= 4 is 27.6 Å². The van der Waals surface area contributed by atoms with Gasteiger partial charge in [-0.15, -0.1) is 0 Å². The Morgan fingerprint density at radius 1 is 1.33 bits per heavy atom. The van der Waals surface area contributed by atoms with E-state index in [1.165, 1.54) is 7.11 Å². The second-order valence-corrected chi connectivity index (χ2v) is 5.04. The Labute approximate surface area is 115 Å². The normalized spacial score (nSPS) is 16.7. The molecule has 5 nitrogen and oxygen atoms in total. The largest absolute Gasteiger partial charge is 0.464 e. The molecular formula is C12H16BrN3O2. The molecule has 0 spiro atoms. The zero-order valence-electron chi connectivity index (χ0n) is 10.5. The van der Waals surface area contributed by atoms with Gasteiger partial charge in [0.25, 0.3) is 0 Å². The molecule has 0 radical (unpaired) electrons. The molecule has 0 amide bonds. The average molecular weight is 314 g/mol. The number of nitrogens with zero attached hydrogens (tertiary/aromatic N) is 3. The number of aromatic nitrogens is 1. The van der Waals surface area contributed by atoms with Gasteiger partial charge in [0.1, 0.15) is 10.3 Å². The van der Waals surface area contributed by atoms with Crippen molar-refractivity contribution in [2.24, 2.45) is 0 Å². The third-order valence-electron chi connectivity index (χ3n) is 3.07. The van der Waals surface area contributed by atoms with E-state index in [9.17, 15) is 4.79 Å². The number of anilines is 1. The maximum Gasteiger partial charge on any atom is 0.356 e. The van der Waals surface area contributed by atoms with Crippen LogP contribution in [-0.2, 0) is 4.74 Å². The number of halogens is 1. The summed E-state index contributed by atoms with van der Waals surface area (Å²) in [5.41, 5.74) is 1.35. The van der Waals surface area contributed by atoms with Gasteiger partial charge in [-0.05, 0) is 35.1 Å². The highest BCUT2D eigenvalue weighted by Gasteiger charge is 2.18. The van der Waals surface area contributed by atoms with Crippen molar-refractivity contribution in [1.29, 1.82) is 0 Å². The van der Waals surface area contributed by atoms with Gasteiger partial charge in [-0.25, -0.2) is 9.78 Å². The Balaban J connectivity index is 2.17. The van der Waals surface area contributed by atoms with E-state index in [4.69, 9.17) is 0 Å². The van der Waals surface area contributed by atoms with Crippen LogP contribution in [-0.4, -0.2) is 56.2 Å². The van der Waals surface area contributed by atoms with E-state index in [-0.39, 0.29) is 0 Å². The number of methoxy groups -OCH3 is 1. The summed E-state index contributed by atoms with van der Waals surface area (Å²) >= 11 is 3.42. The highest BCUT2D eigenvalue weighted by Crippen LogP contribution is 2.25. The average Bonchev–Trinajstić information content (AvgIpc) is 2.39. The Morgan fingerprint density at radius 2 is 2.00 bits per heavy atom. The lowest BCUT2D eigenvalue weighted by Crippen LogP contribution is -2.44. The molecular weight excluding hydrogens is 298 g/mol. The number of pyridine rings is 1. The topological polar surface area (TPSA) is 45.7 Å². The van der Waals surface area contributed by atoms with Crippen molar-refractivity contribution in [3.63, 3.8) is 0 Å². The van der Waals surface area contributed by atoms with Gasteiger partial charge in [-0.3, -0.25) is 0 Å². The van der Waals surface area contributed by atoms with Crippen molar-refractivity contribution < 1.29 is 9.53 Å². The smallest absolute Gasteiger partial charge is 0.356 e. The second-order valence-electron chi connectivity index (χ2n) is 4.29. The Morgan fingerprint density at radius 3 is 2.56 bits per heavy atom. The van der Waals surface area contributed by atoms with Crippen LogP contribution in [0.2, 0.25) is 0 Å². The van der Waals surface area contributed by atoms with Crippen molar-refractivity contribution in [3.8, 4) is 0 Å². The predicted molar refractivity (Wildman–Crippen MR) is 73.0 cm³/mol. The molecule has 0 bridgehead atoms. The summed E-state index contributed by atoms with van der Waals surface area (Å²) in [7, 11) is 3.47. The van der Waals surface area contributed by atoms with Crippen molar-refractivity contribution in [3.05, 3.63) is 22.4 Å². The summed E-state index contributed by atoms with van der Waals surface area (Å²) in [6.07, 6.45) is 0. The van der Waals surface area contributed by atoms with Gasteiger partial charge in [0.2, 0.25) is 0 Å². The number of esters is 1. The first-order valence-electron chi connectivity index (χ1n) is 5.80. The number of hydrogen-bond acceptors (Lipinski definition) is 5. The minimum atomic E-state index is -0.416. The zero-order valence-corrected chi connectivity index (χ0v) is 12.1. The van der Waals surface area contributed by atoms with Gasteiger partial charge in [0.15, 0.2) is 0 Å². The second kappa shape index (κ2) is 5.67. The van der Waals surface area contributed by atoms with Gasteiger partial charge in [0, 0.05) is 26.2 Å². The van der Waals surface area contributed by atoms with Crippen LogP contribution in [0.1, 0.15) is 10.5 Å². The standard InChI is InChI=1S/C12H16BrN3O2/c1-15-5-7-16(8-6-15)10-4-3-9(12(17)18-2)14-11(10)13/h3-4H,5-8H2,1-2H3. The number of likely N-dealkylation sites (N-methyl/N-ethyl adjacent to an activating group) is 1. The third-order valence-corrected chi connectivity index (χ3v) is 3.65. The first-order valence-corrected chi connectivity index (χ1v) is 6.59. The molecule has 2 heterocycles. The highest BCUT2D eigenvalue weighted by molar-refractivity contribution is 9.10. The van der Waals surface area contributed by atoms with Crippen LogP contribution in [0, 0.1) is 0 Å². The van der Waals surface area contributed by atoms with Crippen LogP contribution in [0.5, 0.6) is 0 Å². The molecule has 1 saturated heterocycles. The third kappa shape index (κ3) is 2.81. The number of carbonyl (C=O) groups excluding carboxylic acids is 1. The Kier molecular flexibility index (Phi) is 4.19. The SMILES string of the molecule is COC(=O)c1ccc(N2CCN(C)CC2)c(Br)n1. The molecule has 98 valence electrons. The quantitative estimate of drug-likeness (QED) is 0.610. The van der Waals surface area contributed by atoms with Crippen LogP contribution < -0.4 is 4.90 Å². The molecule has 0 N–H and O–H groups in total. The minimum absolute atomic E-state index is 0.322. The van der Waals surface area contributed by atoms with Gasteiger partial charge in [-0.2, -0.15) is 0 Å². The van der Waals surface area contributed by atoms with Crippen LogP contribution in [0.25, 0.3) is 0 Å². The number of hydrogen-bond donors (Lipinski definition) is 0. The fourth-order valence-corrected chi connectivity index (χ4v) is 2.50. The summed E-state index contributed by atoms with van der Waals surface area (Å²) in [5, 5.41) is 0. The first-order chi connectivity index (χ1) is 8.61. The van der Waals surface area contributed by atoms with Gasteiger partial charge in [-0.1, -0.05) is 0 Å². The van der Waals surface area contributed by atoms with E-state index in [1.807, 2.05) is 6.07 Å². The maximum absolute atomic E-state index is 11.4. The Hall–Kier alpha value is -1.14. The summed E-state index contributed by atoms with van der Waals surface area (Å²) in [6, 6.07) is 3.61. The van der Waals surface area contributed by atoms with Gasteiger partial charge in [0.05, 0.1) is 12.8 Å². The molecule has 0 saturated carbocycles. The van der Waals surface area contributed by atoms with E-state index in [0.717, 1.165) is 31.9 Å². The molecule has 1 aliphatic rings. The number of carbonyl (C=O) groups is 1. The van der Waals surface area contributed by atoms with Gasteiger partial charge >= 0.3 is 5.97 Å². The number of ether oxygens (including phenoxy) is 1. The predicted octanol–water partition coefficient (Wildman–Crippen LogP) is 1.38. The first kappa shape index (κ1) is 13.3. The molecule has 0 atom stereocenters. The molecule has 1 aliphatic heterocycles. The highest BCUT2D eigenvalue weighted by atomic mass is 79.9. The minimum Gasteiger partial charge on any atom is -0.464 e. The summed E-state index contributed by atoms with van der Waals surface area (Å²) in [6.45, 7) is 4.00. The number of rotatable bonds is 2. The van der Waals surface area contributed by atoms with E-state index >= 15 is 0 Å². The molecule has 1 aromatic heterocycles. The lowest BCUT2D eigenvalue weighted by atomic mass is 10.2. The summed E-state index contributed by atoms with van der Waals surface area (Å²) in [4.78, 5) is 20.1. The zero-order chi connectivity index (χ0) is 13.1. The van der Waals surface area contributed by atoms with Crippen LogP contribution in [0.3, 0.4) is 0 Å². The molecule has 1 aromatic rings. The van der Waals surface area contributed by atoms with E-state index in [2.05, 4.69) is 42.5 Å². The molecule has 18 heavy (non-hydrogen) atoms. The van der Waals surface area contributed by atoms with Crippen molar-refractivity contribution in [2.45, 2.75) is 0 Å². The fraction of sp³-hybridized carbons (Fsp3) is 0.500. The van der Waals surface area contributed by atoms with E-state index in [0.29, 0.717) is 10.3 Å². The molecule has 0 aromatic carbocycles. The lowest BCUT2D eigenvalue weighted by Gasteiger charge is -2.34. The molecule has 0 aliphatic carbocycles. The van der Waals surface area contributed by atoms with Crippen LogP contribution in [0.4, 0.5) is 5.69 Å². The van der Waals surface area contributed by atoms with Crippen molar-refractivity contribution in [2.75, 3.05) is 45.2 Å². The van der Waals surface area contributed by atoms with E-state index in [1.54, 1.807) is 6.07 Å². The molecule has 2 rings (SSSR count). The van der Waals surface area contributed by atoms with E-state index < -0.39 is 5.97 Å². The summed E-state index contributed by atoms with van der Waals surface area (Å²) < 4.78 is 5.34. The fourth-order valence-electron chi connectivity index (χ4n) is 1.93. The van der Waals surface area contributed by atoms with Crippen LogP contribution >= 0.6 is 15.9 Å². The Bertz CT molecular complexity index is 445. The molecule has 6 heteroatoms. The summed E-state index contributed by atoms with van der Waals surface area (Å²) in [5.74, 6) is -0.416.